The van der Waals surface area contributed by atoms with Crippen LogP contribution in [0.15, 0.2) is 41.5 Å². The van der Waals surface area contributed by atoms with Gasteiger partial charge >= 0.3 is 5.56 Å². The number of benzene rings is 1. The number of aromatic amines is 1. The molecule has 38 heavy (non-hydrogen) atoms. The summed E-state index contributed by atoms with van der Waals surface area (Å²) in [4.78, 5) is 41.1. The van der Waals surface area contributed by atoms with Crippen molar-refractivity contribution in [2.24, 2.45) is 0 Å². The topological polar surface area (TPSA) is 203 Å². The molecular weight excluding hydrogens is 519 g/mol. The average molecular weight is 555 g/mol. The van der Waals surface area contributed by atoms with E-state index in [0.717, 1.165) is 5.56 Å². The minimum atomic E-state index is -5.05. The number of anilines is 1. The van der Waals surface area contributed by atoms with Crippen LogP contribution in [0.1, 0.15) is 32.6 Å². The molecule has 1 fully saturated rings. The van der Waals surface area contributed by atoms with Crippen LogP contribution < -0.4 is 20.8 Å². The highest BCUT2D eigenvalue weighted by Crippen LogP contribution is 2.35. The molecule has 210 valence electrons. The highest BCUT2D eigenvalue weighted by atomic mass is 31.2. The van der Waals surface area contributed by atoms with Gasteiger partial charge in [-0.3, -0.25) is 14.3 Å². The molecule has 0 bridgehead atoms. The van der Waals surface area contributed by atoms with Gasteiger partial charge in [0.1, 0.15) is 24.9 Å². The van der Waals surface area contributed by atoms with Crippen molar-refractivity contribution in [3.63, 3.8) is 0 Å². The number of hydrogen-bond acceptors (Lipinski definition) is 10. The van der Waals surface area contributed by atoms with Crippen molar-refractivity contribution in [1.82, 2.24) is 19.4 Å². The molecule has 3 aromatic rings. The predicted molar refractivity (Wildman–Crippen MR) is 136 cm³/mol. The largest absolute Gasteiger partial charge is 0.756 e. The first-order valence-electron chi connectivity index (χ1n) is 12.2. The van der Waals surface area contributed by atoms with Gasteiger partial charge in [-0.1, -0.05) is 51.1 Å². The van der Waals surface area contributed by atoms with Crippen LogP contribution in [0, 0.1) is 0 Å². The Morgan fingerprint density at radius 1 is 1.21 bits per heavy atom. The number of phosphoric acid groups is 1. The molecule has 1 unspecified atom stereocenters. The first-order valence-corrected chi connectivity index (χ1v) is 13.7. The smallest absolute Gasteiger partial charge is 0.304 e. The second kappa shape index (κ2) is 12.9. The van der Waals surface area contributed by atoms with Gasteiger partial charge in [-0.05, 0) is 25.2 Å². The van der Waals surface area contributed by atoms with E-state index in [1.54, 1.807) is 4.57 Å². The monoisotopic (exact) mass is 554 g/mol. The summed E-state index contributed by atoms with van der Waals surface area (Å²) >= 11 is 0. The normalized spacial score (nSPS) is 22.8. The van der Waals surface area contributed by atoms with E-state index in [4.69, 9.17) is 15.4 Å². The van der Waals surface area contributed by atoms with Crippen LogP contribution in [0.4, 0.5) is 5.95 Å². The van der Waals surface area contributed by atoms with Gasteiger partial charge in [-0.25, -0.2) is 4.57 Å². The summed E-state index contributed by atoms with van der Waals surface area (Å²) in [7, 11) is -5.05. The molecule has 1 aromatic carbocycles. The lowest BCUT2D eigenvalue weighted by atomic mass is 10.1. The molecule has 0 spiro atoms. The Labute approximate surface area is 219 Å². The van der Waals surface area contributed by atoms with E-state index < -0.39 is 44.5 Å². The maximum absolute atomic E-state index is 12.6. The predicted octanol–water partition coefficient (Wildman–Crippen LogP) is -0.913. The maximum Gasteiger partial charge on any atom is 0.304 e. The SMILES string of the molecule is CCN(CC)CC.Nc1nc2c(c(=O)[nH]1)[n+](Cc1ccccc1)cn2[C@@H]1O[C@H](COP(=O)([O-])O)[C@@H](O)[C@H]1O. The number of aliphatic hydroxyl groups excluding tert-OH is 2. The molecule has 1 saturated heterocycles. The Hall–Kier alpha value is -2.68. The lowest BCUT2D eigenvalue weighted by Gasteiger charge is -2.19. The third-order valence-corrected chi connectivity index (χ3v) is 6.72. The number of phosphoric ester groups is 1. The number of nitrogens with one attached hydrogen (secondary N) is 1. The van der Waals surface area contributed by atoms with Gasteiger partial charge in [0.15, 0.2) is 0 Å². The zero-order valence-electron chi connectivity index (χ0n) is 21.5. The fourth-order valence-electron chi connectivity index (χ4n) is 4.19. The molecule has 15 heteroatoms. The fourth-order valence-corrected chi connectivity index (χ4v) is 4.53. The molecule has 5 atom stereocenters. The number of aromatic nitrogens is 4. The van der Waals surface area contributed by atoms with E-state index in [9.17, 15) is 24.5 Å². The van der Waals surface area contributed by atoms with Crippen molar-refractivity contribution >= 4 is 24.9 Å². The third kappa shape index (κ3) is 7.24. The molecule has 0 radical (unpaired) electrons. The Morgan fingerprint density at radius 2 is 1.84 bits per heavy atom. The van der Waals surface area contributed by atoms with Crippen molar-refractivity contribution in [2.45, 2.75) is 51.9 Å². The van der Waals surface area contributed by atoms with Gasteiger partial charge in [-0.2, -0.15) is 9.55 Å². The molecule has 0 aliphatic carbocycles. The summed E-state index contributed by atoms with van der Waals surface area (Å²) < 4.78 is 23.6. The highest BCUT2D eigenvalue weighted by Gasteiger charge is 2.48. The number of imidazole rings is 1. The van der Waals surface area contributed by atoms with Gasteiger partial charge in [0.05, 0.1) is 6.61 Å². The Morgan fingerprint density at radius 3 is 2.39 bits per heavy atom. The molecule has 4 rings (SSSR count). The summed E-state index contributed by atoms with van der Waals surface area (Å²) in [6.07, 6.45) is -4.07. The molecule has 2 aromatic heterocycles. The Balaban J connectivity index is 0.000000505. The zero-order valence-corrected chi connectivity index (χ0v) is 22.4. The summed E-state index contributed by atoms with van der Waals surface area (Å²) in [5.41, 5.74) is 6.30. The van der Waals surface area contributed by atoms with Crippen molar-refractivity contribution < 1.29 is 38.4 Å². The van der Waals surface area contributed by atoms with E-state index in [1.165, 1.54) is 30.5 Å². The van der Waals surface area contributed by atoms with Gasteiger partial charge in [0.25, 0.3) is 19.0 Å². The zero-order chi connectivity index (χ0) is 28.0. The van der Waals surface area contributed by atoms with E-state index >= 15 is 0 Å². The Kier molecular flexibility index (Phi) is 10.2. The summed E-state index contributed by atoms with van der Waals surface area (Å²) in [5.74, 6) is -0.163. The van der Waals surface area contributed by atoms with Crippen LogP contribution in [-0.2, 0) is 20.4 Å². The summed E-state index contributed by atoms with van der Waals surface area (Å²) in [6.45, 7) is 9.70. The number of fused-ring (bicyclic) bond motifs is 1. The summed E-state index contributed by atoms with van der Waals surface area (Å²) in [6, 6.07) is 9.27. The lowest BCUT2D eigenvalue weighted by Crippen LogP contribution is -2.37. The minimum Gasteiger partial charge on any atom is -0.756 e. The van der Waals surface area contributed by atoms with Crippen LogP contribution >= 0.6 is 7.82 Å². The van der Waals surface area contributed by atoms with E-state index in [-0.39, 0.29) is 17.1 Å². The number of hydrogen-bond donors (Lipinski definition) is 5. The van der Waals surface area contributed by atoms with Crippen LogP contribution in [0.2, 0.25) is 0 Å². The van der Waals surface area contributed by atoms with Crippen LogP contribution in [0.3, 0.4) is 0 Å². The third-order valence-electron chi connectivity index (χ3n) is 6.24. The van der Waals surface area contributed by atoms with Crippen molar-refractivity contribution in [2.75, 3.05) is 32.0 Å². The number of nitrogen functional groups attached to an aromatic ring is 1. The quantitative estimate of drug-likeness (QED) is 0.162. The molecular formula is C23H35N6O8P. The number of aliphatic hydroxyl groups is 2. The van der Waals surface area contributed by atoms with Gasteiger partial charge in [-0.15, -0.1) is 0 Å². The maximum atomic E-state index is 12.6. The van der Waals surface area contributed by atoms with Crippen molar-refractivity contribution in [3.8, 4) is 0 Å². The molecule has 0 saturated carbocycles. The van der Waals surface area contributed by atoms with Crippen LogP contribution in [0.25, 0.3) is 11.2 Å². The highest BCUT2D eigenvalue weighted by molar-refractivity contribution is 7.44. The standard InChI is InChI=1S/C17H20N5O8P.C6H15N/c18-17-19-14-11(15(25)20-17)21(6-9-4-2-1-3-5-9)8-22(14)16-13(24)12(23)10(30-16)7-29-31(26,27)28;1-4-7(5-2)6-3/h1-5,8,10,12-13,16,23-24H,6-7H2,(H4-,18,19,20,25,26,27,28);4-6H2,1-3H3/t10-,12-,13-,16-;/m1./s1. The number of nitrogens with zero attached hydrogens (tertiary/aromatic N) is 4. The van der Waals surface area contributed by atoms with Crippen LogP contribution in [0.5, 0.6) is 0 Å². The number of nitrogens with two attached hydrogens (primary N) is 1. The number of rotatable bonds is 9. The lowest BCUT2D eigenvalue weighted by molar-refractivity contribution is -0.664. The first kappa shape index (κ1) is 29.9. The summed E-state index contributed by atoms with van der Waals surface area (Å²) in [5, 5.41) is 20.7. The average Bonchev–Trinajstić information content (AvgIpc) is 3.36. The molecule has 0 amide bonds. The second-order valence-electron chi connectivity index (χ2n) is 8.69. The molecule has 14 nitrogen and oxygen atoms in total. The Bertz CT molecular complexity index is 1290. The number of H-pyrrole nitrogens is 1. The van der Waals surface area contributed by atoms with Crippen molar-refractivity contribution in [3.05, 3.63) is 52.6 Å². The van der Waals surface area contributed by atoms with Crippen LogP contribution in [-0.4, -0.2) is 79.1 Å². The first-order chi connectivity index (χ1) is 18.0. The molecule has 6 N–H and O–H groups in total. The van der Waals surface area contributed by atoms with Gasteiger partial charge < -0.3 is 39.9 Å². The van der Waals surface area contributed by atoms with Gasteiger partial charge in [0.2, 0.25) is 18.5 Å². The number of ether oxygens (including phenoxy) is 1. The van der Waals surface area contributed by atoms with E-state index in [0.29, 0.717) is 6.54 Å². The fraction of sp³-hybridized carbons (Fsp3) is 0.522. The minimum absolute atomic E-state index is 0.0895. The molecule has 1 aliphatic heterocycles. The van der Waals surface area contributed by atoms with Gasteiger partial charge in [0, 0.05) is 0 Å². The van der Waals surface area contributed by atoms with E-state index in [2.05, 4.69) is 40.2 Å². The molecule has 1 aliphatic rings. The van der Waals surface area contributed by atoms with Crippen molar-refractivity contribution in [1.29, 1.82) is 0 Å². The molecule has 3 heterocycles. The van der Waals surface area contributed by atoms with E-state index in [1.807, 2.05) is 30.3 Å². The second-order valence-corrected chi connectivity index (χ2v) is 9.89.